The summed E-state index contributed by atoms with van der Waals surface area (Å²) in [4.78, 5) is 24.8. The quantitative estimate of drug-likeness (QED) is 0.497. The Morgan fingerprint density at radius 2 is 1.90 bits per heavy atom. The predicted octanol–water partition coefficient (Wildman–Crippen LogP) is 2.54. The van der Waals surface area contributed by atoms with Crippen LogP contribution in [0.5, 0.6) is 11.5 Å². The van der Waals surface area contributed by atoms with Crippen LogP contribution in [0.15, 0.2) is 23.8 Å². The van der Waals surface area contributed by atoms with E-state index < -0.39 is 29.2 Å². The highest BCUT2D eigenvalue weighted by Crippen LogP contribution is 2.68. The number of phenolic OH excluding ortho intramolecular Hbond substituents is 1. The molecule has 4 rings (SSSR count). The summed E-state index contributed by atoms with van der Waals surface area (Å²) >= 11 is 0. The number of aryl methyl sites for hydroxylation is 1. The summed E-state index contributed by atoms with van der Waals surface area (Å²) in [6, 6.07) is 2.93. The van der Waals surface area contributed by atoms with Gasteiger partial charge < -0.3 is 24.8 Å². The lowest BCUT2D eigenvalue weighted by Crippen LogP contribution is -2.74. The van der Waals surface area contributed by atoms with Crippen molar-refractivity contribution in [3.05, 3.63) is 34.9 Å². The third-order valence-electron chi connectivity index (χ3n) is 7.98. The van der Waals surface area contributed by atoms with Gasteiger partial charge in [0, 0.05) is 23.0 Å². The monoisotopic (exact) mass is 430 g/mol. The van der Waals surface area contributed by atoms with Gasteiger partial charge in [-0.3, -0.25) is 4.79 Å². The molecule has 0 heterocycles. The van der Waals surface area contributed by atoms with Crippen molar-refractivity contribution < 1.29 is 34.4 Å². The van der Waals surface area contributed by atoms with Crippen molar-refractivity contribution in [1.29, 1.82) is 0 Å². The minimum atomic E-state index is -1.69. The molecule has 0 bridgehead atoms. The number of benzene rings is 1. The second-order valence-corrected chi connectivity index (χ2v) is 10.2. The molecule has 2 saturated carbocycles. The highest BCUT2D eigenvalue weighted by atomic mass is 16.6. The molecule has 0 spiro atoms. The summed E-state index contributed by atoms with van der Waals surface area (Å²) in [5.41, 5.74) is -2.19. The number of hydrogen-bond donors (Lipinski definition) is 3. The number of ether oxygens (including phenoxy) is 2. The Morgan fingerprint density at radius 1 is 1.23 bits per heavy atom. The number of aromatic hydroxyl groups is 1. The number of carbonyl (C=O) groups excluding carboxylic acids is 2. The minimum absolute atomic E-state index is 0.00893. The Bertz CT molecular complexity index is 957. The molecule has 0 saturated heterocycles. The van der Waals surface area contributed by atoms with Crippen LogP contribution in [-0.4, -0.2) is 52.5 Å². The van der Waals surface area contributed by atoms with E-state index in [9.17, 15) is 24.9 Å². The van der Waals surface area contributed by atoms with Crippen molar-refractivity contribution in [2.45, 2.75) is 58.3 Å². The van der Waals surface area contributed by atoms with E-state index in [4.69, 9.17) is 9.47 Å². The number of rotatable bonds is 4. The first kappa shape index (κ1) is 21.8. The molecule has 0 aliphatic heterocycles. The van der Waals surface area contributed by atoms with Gasteiger partial charge in [0.2, 0.25) is 0 Å². The van der Waals surface area contributed by atoms with Crippen LogP contribution in [0.25, 0.3) is 0 Å². The molecule has 0 amide bonds. The summed E-state index contributed by atoms with van der Waals surface area (Å²) in [5, 5.41) is 33.0. The fourth-order valence-electron chi connectivity index (χ4n) is 6.31. The van der Waals surface area contributed by atoms with Gasteiger partial charge in [0.05, 0.1) is 13.2 Å². The van der Waals surface area contributed by atoms with E-state index in [0.29, 0.717) is 30.4 Å². The van der Waals surface area contributed by atoms with Gasteiger partial charge in [0.25, 0.3) is 0 Å². The highest BCUT2D eigenvalue weighted by Gasteiger charge is 2.74. The molecule has 0 aromatic heterocycles. The number of fused-ring (bicyclic) bond motifs is 3. The summed E-state index contributed by atoms with van der Waals surface area (Å²) in [6.07, 6.45) is 1.79. The second kappa shape index (κ2) is 6.81. The lowest BCUT2D eigenvalue weighted by molar-refractivity contribution is -0.257. The molecule has 31 heavy (non-hydrogen) atoms. The van der Waals surface area contributed by atoms with E-state index in [1.165, 1.54) is 13.2 Å². The van der Waals surface area contributed by atoms with E-state index in [-0.39, 0.29) is 34.1 Å². The molecule has 1 aromatic carbocycles. The second-order valence-electron chi connectivity index (χ2n) is 10.2. The summed E-state index contributed by atoms with van der Waals surface area (Å²) in [5.74, 6) is -0.928. The van der Waals surface area contributed by atoms with Crippen molar-refractivity contribution in [2.24, 2.45) is 22.7 Å². The summed E-state index contributed by atoms with van der Waals surface area (Å²) in [7, 11) is 1.46. The van der Waals surface area contributed by atoms with Gasteiger partial charge in [-0.25, -0.2) is 4.79 Å². The maximum atomic E-state index is 12.9. The maximum absolute atomic E-state index is 12.9. The van der Waals surface area contributed by atoms with Crippen LogP contribution in [-0.2, 0) is 9.53 Å². The zero-order valence-electron chi connectivity index (χ0n) is 18.5. The van der Waals surface area contributed by atoms with Crippen LogP contribution in [0.2, 0.25) is 0 Å². The van der Waals surface area contributed by atoms with Crippen LogP contribution in [0.1, 0.15) is 49.5 Å². The average molecular weight is 430 g/mol. The molecule has 0 radical (unpaired) electrons. The third kappa shape index (κ3) is 2.79. The standard InChI is InChI=1S/C24H30O7/c1-12-6-15(30-5)8-16(26)18(12)21(28)31-17-10-23(4)19-13(9-22(2,3)20(19)27)7-14(11-25)24(17,23)29/h6-8,11,13,17,19-20,26-27,29H,9-10H2,1-5H3. The van der Waals surface area contributed by atoms with Gasteiger partial charge in [-0.2, -0.15) is 0 Å². The normalized spacial score (nSPS) is 37.7. The molecule has 3 aliphatic carbocycles. The number of hydrogen-bond acceptors (Lipinski definition) is 7. The van der Waals surface area contributed by atoms with Crippen molar-refractivity contribution >= 4 is 12.3 Å². The largest absolute Gasteiger partial charge is 0.507 e. The Labute approximate surface area is 181 Å². The Morgan fingerprint density at radius 3 is 2.48 bits per heavy atom. The van der Waals surface area contributed by atoms with Gasteiger partial charge in [0.1, 0.15) is 35.1 Å². The minimum Gasteiger partial charge on any atom is -0.507 e. The van der Waals surface area contributed by atoms with Crippen LogP contribution in [0.3, 0.4) is 0 Å². The molecule has 1 aromatic rings. The smallest absolute Gasteiger partial charge is 0.342 e. The zero-order chi connectivity index (χ0) is 22.9. The number of esters is 1. The lowest BCUT2D eigenvalue weighted by Gasteiger charge is -2.64. The molecular formula is C24H30O7. The van der Waals surface area contributed by atoms with Crippen molar-refractivity contribution in [3.63, 3.8) is 0 Å². The van der Waals surface area contributed by atoms with Gasteiger partial charge in [0.15, 0.2) is 0 Å². The number of allylic oxidation sites excluding steroid dienone is 1. The predicted molar refractivity (Wildman–Crippen MR) is 112 cm³/mol. The lowest BCUT2D eigenvalue weighted by atomic mass is 9.44. The van der Waals surface area contributed by atoms with Gasteiger partial charge in [-0.15, -0.1) is 0 Å². The number of aliphatic hydroxyl groups is 2. The third-order valence-corrected chi connectivity index (χ3v) is 7.98. The summed E-state index contributed by atoms with van der Waals surface area (Å²) < 4.78 is 10.7. The van der Waals surface area contributed by atoms with Crippen LogP contribution in [0, 0.1) is 29.6 Å². The van der Waals surface area contributed by atoms with E-state index in [1.807, 2.05) is 20.8 Å². The van der Waals surface area contributed by atoms with Gasteiger partial charge in [-0.1, -0.05) is 26.8 Å². The number of phenols is 1. The maximum Gasteiger partial charge on any atom is 0.342 e. The van der Waals surface area contributed by atoms with Crippen molar-refractivity contribution in [3.8, 4) is 11.5 Å². The first-order chi connectivity index (χ1) is 14.4. The van der Waals surface area contributed by atoms with Crippen LogP contribution < -0.4 is 4.74 Å². The number of methoxy groups -OCH3 is 1. The topological polar surface area (TPSA) is 113 Å². The van der Waals surface area contributed by atoms with Gasteiger partial charge >= 0.3 is 5.97 Å². The molecule has 168 valence electrons. The Kier molecular flexibility index (Phi) is 4.80. The molecule has 3 aliphatic rings. The van der Waals surface area contributed by atoms with Crippen molar-refractivity contribution in [2.75, 3.05) is 7.11 Å². The SMILES string of the molecule is COc1cc(C)c(C(=O)OC2CC3(C)C4C(C=C(C=O)C23O)CC(C)(C)C4O)c(O)c1. The van der Waals surface area contributed by atoms with Crippen LogP contribution in [0.4, 0.5) is 0 Å². The van der Waals surface area contributed by atoms with Crippen LogP contribution >= 0.6 is 0 Å². The van der Waals surface area contributed by atoms with E-state index in [0.717, 1.165) is 0 Å². The zero-order valence-corrected chi connectivity index (χ0v) is 18.5. The number of carbonyl (C=O) groups is 2. The molecule has 2 fully saturated rings. The first-order valence-corrected chi connectivity index (χ1v) is 10.6. The number of aldehydes is 1. The summed E-state index contributed by atoms with van der Waals surface area (Å²) in [6.45, 7) is 7.47. The molecule has 6 unspecified atom stereocenters. The molecule has 3 N–H and O–H groups in total. The fraction of sp³-hybridized carbons (Fsp3) is 0.583. The fourth-order valence-corrected chi connectivity index (χ4v) is 6.31. The molecule has 6 atom stereocenters. The average Bonchev–Trinajstić information content (AvgIpc) is 2.92. The number of aliphatic hydroxyl groups excluding tert-OH is 1. The Hall–Kier alpha value is -2.38. The first-order valence-electron chi connectivity index (χ1n) is 10.6. The van der Waals surface area contributed by atoms with E-state index >= 15 is 0 Å². The Balaban J connectivity index is 1.66. The van der Waals surface area contributed by atoms with Crippen molar-refractivity contribution in [1.82, 2.24) is 0 Å². The highest BCUT2D eigenvalue weighted by molar-refractivity contribution is 5.94. The molecular weight excluding hydrogens is 400 g/mol. The molecule has 7 nitrogen and oxygen atoms in total. The van der Waals surface area contributed by atoms with E-state index in [2.05, 4.69) is 0 Å². The van der Waals surface area contributed by atoms with Gasteiger partial charge in [-0.05, 0) is 42.7 Å². The molecule has 7 heteroatoms. The van der Waals surface area contributed by atoms with E-state index in [1.54, 1.807) is 19.1 Å².